The van der Waals surface area contributed by atoms with E-state index >= 15 is 0 Å². The van der Waals surface area contributed by atoms with E-state index in [0.29, 0.717) is 11.3 Å². The van der Waals surface area contributed by atoms with Gasteiger partial charge in [0.2, 0.25) is 5.91 Å². The number of rotatable bonds is 0. The summed E-state index contributed by atoms with van der Waals surface area (Å²) >= 11 is 0. The van der Waals surface area contributed by atoms with E-state index in [1.54, 1.807) is 18.5 Å². The Morgan fingerprint density at radius 1 is 1.62 bits per heavy atom. The standard InChI is InChI=1S/C9H8N2O2/c1-6(12)11-5-9(13)7-2-3-10-4-8(7)11/h2-4H,5H2,1H3. The molecule has 0 spiro atoms. The zero-order chi connectivity index (χ0) is 9.42. The molecular weight excluding hydrogens is 168 g/mol. The van der Waals surface area contributed by atoms with Crippen molar-refractivity contribution < 1.29 is 9.59 Å². The largest absolute Gasteiger partial charge is 0.303 e. The van der Waals surface area contributed by atoms with Crippen molar-refractivity contribution in [2.24, 2.45) is 0 Å². The molecule has 4 nitrogen and oxygen atoms in total. The zero-order valence-electron chi connectivity index (χ0n) is 7.15. The highest BCUT2D eigenvalue weighted by Gasteiger charge is 2.28. The third-order valence-electron chi connectivity index (χ3n) is 2.07. The minimum absolute atomic E-state index is 0.0207. The van der Waals surface area contributed by atoms with Crippen LogP contribution in [0.25, 0.3) is 0 Å². The predicted molar refractivity (Wildman–Crippen MR) is 46.6 cm³/mol. The van der Waals surface area contributed by atoms with Crippen LogP contribution in [0.3, 0.4) is 0 Å². The molecule has 1 amide bonds. The van der Waals surface area contributed by atoms with Gasteiger partial charge in [0.15, 0.2) is 5.78 Å². The summed E-state index contributed by atoms with van der Waals surface area (Å²) in [5.74, 6) is -0.146. The Labute approximate surface area is 75.2 Å². The predicted octanol–water partition coefficient (Wildman–Crippen LogP) is 0.631. The molecule has 1 aromatic heterocycles. The SMILES string of the molecule is CC(=O)N1CC(=O)c2ccncc21. The van der Waals surface area contributed by atoms with Crippen molar-refractivity contribution in [3.63, 3.8) is 0 Å². The van der Waals surface area contributed by atoms with Crippen LogP contribution in [-0.4, -0.2) is 23.2 Å². The summed E-state index contributed by atoms with van der Waals surface area (Å²) in [5, 5.41) is 0. The Morgan fingerprint density at radius 3 is 3.08 bits per heavy atom. The van der Waals surface area contributed by atoms with Gasteiger partial charge in [-0.3, -0.25) is 14.6 Å². The monoisotopic (exact) mass is 176 g/mol. The van der Waals surface area contributed by atoms with Crippen molar-refractivity contribution in [1.82, 2.24) is 4.98 Å². The number of Topliss-reactive ketones (excluding diaryl/α,β-unsaturated/α-hetero) is 1. The van der Waals surface area contributed by atoms with Gasteiger partial charge in [0, 0.05) is 18.7 Å². The van der Waals surface area contributed by atoms with Crippen molar-refractivity contribution in [3.8, 4) is 0 Å². The third kappa shape index (κ3) is 1.11. The Bertz CT molecular complexity index is 387. The molecule has 13 heavy (non-hydrogen) atoms. The summed E-state index contributed by atoms with van der Waals surface area (Å²) in [5.41, 5.74) is 1.21. The van der Waals surface area contributed by atoms with E-state index in [0.717, 1.165) is 0 Å². The molecule has 0 saturated carbocycles. The van der Waals surface area contributed by atoms with E-state index in [9.17, 15) is 9.59 Å². The Hall–Kier alpha value is -1.71. The number of hydrogen-bond donors (Lipinski definition) is 0. The maximum absolute atomic E-state index is 11.4. The average Bonchev–Trinajstić information content (AvgIpc) is 2.45. The highest BCUT2D eigenvalue weighted by atomic mass is 16.2. The van der Waals surface area contributed by atoms with Crippen LogP contribution >= 0.6 is 0 Å². The Kier molecular flexibility index (Phi) is 1.62. The highest BCUT2D eigenvalue weighted by molar-refractivity contribution is 6.14. The van der Waals surface area contributed by atoms with Crippen molar-refractivity contribution in [2.45, 2.75) is 6.92 Å². The lowest BCUT2D eigenvalue weighted by Crippen LogP contribution is -2.27. The lowest BCUT2D eigenvalue weighted by molar-refractivity contribution is -0.116. The molecular formula is C9H8N2O2. The first-order valence-corrected chi connectivity index (χ1v) is 3.95. The summed E-state index contributed by atoms with van der Waals surface area (Å²) < 4.78 is 0. The second-order valence-corrected chi connectivity index (χ2v) is 2.92. The minimum atomic E-state index is -0.125. The molecule has 0 unspecified atom stereocenters. The van der Waals surface area contributed by atoms with E-state index in [1.165, 1.54) is 11.8 Å². The van der Waals surface area contributed by atoms with E-state index in [4.69, 9.17) is 0 Å². The summed E-state index contributed by atoms with van der Waals surface area (Å²) in [6, 6.07) is 1.64. The van der Waals surface area contributed by atoms with Crippen molar-refractivity contribution in [2.75, 3.05) is 11.4 Å². The molecule has 0 atom stereocenters. The van der Waals surface area contributed by atoms with Crippen molar-refractivity contribution in [1.29, 1.82) is 0 Å². The smallest absolute Gasteiger partial charge is 0.224 e. The quantitative estimate of drug-likeness (QED) is 0.582. The summed E-state index contributed by atoms with van der Waals surface area (Å²) in [4.78, 5) is 27.8. The molecule has 0 saturated heterocycles. The molecule has 0 aliphatic carbocycles. The lowest BCUT2D eigenvalue weighted by Gasteiger charge is -2.11. The first-order chi connectivity index (χ1) is 6.20. The number of carbonyl (C=O) groups is 2. The molecule has 66 valence electrons. The van der Waals surface area contributed by atoms with Crippen molar-refractivity contribution >= 4 is 17.4 Å². The number of ketones is 1. The van der Waals surface area contributed by atoms with Gasteiger partial charge in [0.05, 0.1) is 18.4 Å². The fraction of sp³-hybridized carbons (Fsp3) is 0.222. The second kappa shape index (κ2) is 2.65. The molecule has 0 N–H and O–H groups in total. The van der Waals surface area contributed by atoms with E-state index in [-0.39, 0.29) is 18.2 Å². The summed E-state index contributed by atoms with van der Waals surface area (Å²) in [6.45, 7) is 1.59. The van der Waals surface area contributed by atoms with Gasteiger partial charge >= 0.3 is 0 Å². The zero-order valence-corrected chi connectivity index (χ0v) is 7.15. The molecule has 2 rings (SSSR count). The molecule has 4 heteroatoms. The van der Waals surface area contributed by atoms with Crippen LogP contribution < -0.4 is 4.90 Å². The van der Waals surface area contributed by atoms with Gasteiger partial charge < -0.3 is 4.90 Å². The molecule has 1 aliphatic rings. The number of carbonyl (C=O) groups excluding carboxylic acids is 2. The number of aromatic nitrogens is 1. The maximum Gasteiger partial charge on any atom is 0.224 e. The molecule has 0 fully saturated rings. The number of amides is 1. The van der Waals surface area contributed by atoms with Crippen LogP contribution in [0.4, 0.5) is 5.69 Å². The maximum atomic E-state index is 11.4. The molecule has 0 aromatic carbocycles. The van der Waals surface area contributed by atoms with E-state index < -0.39 is 0 Å². The van der Waals surface area contributed by atoms with Crippen LogP contribution in [0.2, 0.25) is 0 Å². The van der Waals surface area contributed by atoms with E-state index in [2.05, 4.69) is 4.98 Å². The van der Waals surface area contributed by atoms with Crippen LogP contribution in [0.5, 0.6) is 0 Å². The molecule has 0 bridgehead atoms. The highest BCUT2D eigenvalue weighted by Crippen LogP contribution is 2.26. The molecule has 1 aliphatic heterocycles. The Balaban J connectivity index is 2.53. The van der Waals surface area contributed by atoms with Gasteiger partial charge in [-0.1, -0.05) is 0 Å². The van der Waals surface area contributed by atoms with Crippen LogP contribution in [0, 0.1) is 0 Å². The van der Waals surface area contributed by atoms with Gasteiger partial charge in [-0.15, -0.1) is 0 Å². The van der Waals surface area contributed by atoms with Gasteiger partial charge in [-0.2, -0.15) is 0 Å². The van der Waals surface area contributed by atoms with Crippen LogP contribution in [0.15, 0.2) is 18.5 Å². The lowest BCUT2D eigenvalue weighted by atomic mass is 10.2. The Morgan fingerprint density at radius 2 is 2.38 bits per heavy atom. The average molecular weight is 176 g/mol. The number of hydrogen-bond acceptors (Lipinski definition) is 3. The fourth-order valence-electron chi connectivity index (χ4n) is 1.43. The summed E-state index contributed by atoms with van der Waals surface area (Å²) in [7, 11) is 0. The summed E-state index contributed by atoms with van der Waals surface area (Å²) in [6.07, 6.45) is 3.10. The van der Waals surface area contributed by atoms with Gasteiger partial charge in [0.1, 0.15) is 0 Å². The van der Waals surface area contributed by atoms with Gasteiger partial charge in [-0.25, -0.2) is 0 Å². The first-order valence-electron chi connectivity index (χ1n) is 3.95. The number of nitrogens with zero attached hydrogens (tertiary/aromatic N) is 2. The second-order valence-electron chi connectivity index (χ2n) is 2.92. The normalized spacial score (nSPS) is 14.5. The van der Waals surface area contributed by atoms with Crippen molar-refractivity contribution in [3.05, 3.63) is 24.0 Å². The molecule has 2 heterocycles. The number of pyridine rings is 1. The van der Waals surface area contributed by atoms with Crippen LogP contribution in [-0.2, 0) is 4.79 Å². The molecule has 1 aromatic rings. The van der Waals surface area contributed by atoms with E-state index in [1.807, 2.05) is 0 Å². The van der Waals surface area contributed by atoms with Crippen LogP contribution in [0.1, 0.15) is 17.3 Å². The molecule has 0 radical (unpaired) electrons. The minimum Gasteiger partial charge on any atom is -0.303 e. The van der Waals surface area contributed by atoms with Gasteiger partial charge in [0.25, 0.3) is 0 Å². The fourth-order valence-corrected chi connectivity index (χ4v) is 1.43. The first kappa shape index (κ1) is 7.91. The van der Waals surface area contributed by atoms with Gasteiger partial charge in [-0.05, 0) is 6.07 Å². The number of anilines is 1. The number of fused-ring (bicyclic) bond motifs is 1. The third-order valence-corrected chi connectivity index (χ3v) is 2.07. The topological polar surface area (TPSA) is 50.3 Å².